The van der Waals surface area contributed by atoms with Crippen LogP contribution in [0.4, 0.5) is 17.6 Å². The van der Waals surface area contributed by atoms with E-state index in [1.54, 1.807) is 49.6 Å². The first-order valence-electron chi connectivity index (χ1n) is 13.3. The lowest BCUT2D eigenvalue weighted by Gasteiger charge is -2.05. The third-order valence-electron chi connectivity index (χ3n) is 6.16. The second kappa shape index (κ2) is 15.7. The zero-order valence-electron chi connectivity index (χ0n) is 23.5. The van der Waals surface area contributed by atoms with Gasteiger partial charge in [0.25, 0.3) is 0 Å². The molecule has 46 heavy (non-hydrogen) atoms. The van der Waals surface area contributed by atoms with Gasteiger partial charge < -0.3 is 19.1 Å². The Bertz CT molecular complexity index is 1750. The van der Waals surface area contributed by atoms with Crippen molar-refractivity contribution in [2.45, 2.75) is 13.1 Å². The molecule has 0 amide bonds. The van der Waals surface area contributed by atoms with E-state index < -0.39 is 30.4 Å². The van der Waals surface area contributed by atoms with Crippen molar-refractivity contribution in [2.75, 3.05) is 0 Å². The number of aromatic nitrogens is 10. The zero-order valence-corrected chi connectivity index (χ0v) is 27.8. The van der Waals surface area contributed by atoms with Crippen molar-refractivity contribution >= 4 is 45.2 Å². The van der Waals surface area contributed by atoms with E-state index in [2.05, 4.69) is 39.9 Å². The largest absolute Gasteiger partial charge is 0.342 e. The molecule has 0 aliphatic heterocycles. The van der Waals surface area contributed by atoms with E-state index in [9.17, 15) is 17.6 Å². The molecule has 2 N–H and O–H groups in total. The van der Waals surface area contributed by atoms with E-state index in [0.29, 0.717) is 0 Å². The highest BCUT2D eigenvalue weighted by atomic mass is 127. The summed E-state index contributed by atoms with van der Waals surface area (Å²) in [4.78, 5) is 31.3. The third-order valence-corrected chi connectivity index (χ3v) is 8.05. The van der Waals surface area contributed by atoms with Gasteiger partial charge in [0.05, 0.1) is 20.2 Å². The number of hydrogen-bond donors (Lipinski definition) is 2. The molecule has 10 nitrogen and oxygen atoms in total. The van der Waals surface area contributed by atoms with Crippen LogP contribution in [0.2, 0.25) is 0 Å². The van der Waals surface area contributed by atoms with E-state index in [0.717, 1.165) is 47.5 Å². The van der Waals surface area contributed by atoms with Crippen LogP contribution in [0.25, 0.3) is 23.3 Å². The minimum Gasteiger partial charge on any atom is -0.342 e. The fourth-order valence-corrected chi connectivity index (χ4v) is 4.98. The molecular weight excluding hydrogens is 830 g/mol. The van der Waals surface area contributed by atoms with Gasteiger partial charge in [-0.25, -0.2) is 37.5 Å². The van der Waals surface area contributed by atoms with Crippen LogP contribution in [-0.2, 0) is 13.1 Å². The van der Waals surface area contributed by atoms with Gasteiger partial charge in [-0.1, -0.05) is 12.1 Å². The summed E-state index contributed by atoms with van der Waals surface area (Å²) < 4.78 is 53.3. The predicted octanol–water partition coefficient (Wildman–Crippen LogP) is 6.89. The molecule has 7 aromatic rings. The lowest BCUT2D eigenvalue weighted by atomic mass is 10.3. The Hall–Kier alpha value is -4.46. The summed E-state index contributed by atoms with van der Waals surface area (Å²) in [6.07, 6.45) is 21.7. The first kappa shape index (κ1) is 32.9. The monoisotopic (exact) mass is 852 g/mol. The standard InChI is InChI=1S/2C12H11N5.C6F4I2/c2*1-2-10(8-13-3-1)9-17-7-6-16-12(17)11-14-4-5-15-11;7-1-2(8)6(12)4(10)3(9)5(1)11/h2*1-8H,9H2,(H,14,15);. The van der Waals surface area contributed by atoms with Crippen molar-refractivity contribution in [3.05, 3.63) is 140 Å². The Labute approximate surface area is 286 Å². The number of rotatable bonds is 6. The van der Waals surface area contributed by atoms with E-state index in [1.807, 2.05) is 58.2 Å². The van der Waals surface area contributed by atoms with E-state index >= 15 is 0 Å². The summed E-state index contributed by atoms with van der Waals surface area (Å²) >= 11 is 2.41. The molecule has 0 bridgehead atoms. The van der Waals surface area contributed by atoms with Gasteiger partial charge in [0.2, 0.25) is 0 Å². The fourth-order valence-electron chi connectivity index (χ4n) is 4.04. The number of nitrogens with one attached hydrogen (secondary N) is 2. The molecule has 0 fully saturated rings. The van der Waals surface area contributed by atoms with Crippen molar-refractivity contribution in [2.24, 2.45) is 0 Å². The molecule has 234 valence electrons. The van der Waals surface area contributed by atoms with Gasteiger partial charge in [-0.2, -0.15) is 0 Å². The molecule has 7 rings (SSSR count). The van der Waals surface area contributed by atoms with Crippen LogP contribution in [0, 0.1) is 30.4 Å². The Morgan fingerprint density at radius 2 is 0.978 bits per heavy atom. The van der Waals surface area contributed by atoms with E-state index in [1.165, 1.54) is 45.2 Å². The van der Waals surface area contributed by atoms with Gasteiger partial charge >= 0.3 is 0 Å². The lowest BCUT2D eigenvalue weighted by Crippen LogP contribution is -2.02. The number of aromatic amines is 2. The smallest absolute Gasteiger partial charge is 0.176 e. The van der Waals surface area contributed by atoms with Crippen LogP contribution in [0.5, 0.6) is 0 Å². The Kier molecular flexibility index (Phi) is 11.2. The highest BCUT2D eigenvalue weighted by Crippen LogP contribution is 2.26. The van der Waals surface area contributed by atoms with E-state index in [4.69, 9.17) is 0 Å². The van der Waals surface area contributed by atoms with Gasteiger partial charge in [-0.15, -0.1) is 0 Å². The average Bonchev–Trinajstić information content (AvgIpc) is 3.92. The molecule has 16 heteroatoms. The first-order valence-corrected chi connectivity index (χ1v) is 15.5. The third kappa shape index (κ3) is 8.03. The van der Waals surface area contributed by atoms with Gasteiger partial charge in [-0.05, 0) is 68.4 Å². The molecule has 6 aromatic heterocycles. The molecule has 0 aliphatic rings. The van der Waals surface area contributed by atoms with Gasteiger partial charge in [0.1, 0.15) is 0 Å². The summed E-state index contributed by atoms with van der Waals surface area (Å²) in [6, 6.07) is 7.94. The Morgan fingerprint density at radius 1 is 0.565 bits per heavy atom. The maximum atomic E-state index is 12.6. The molecule has 0 radical (unpaired) electrons. The summed E-state index contributed by atoms with van der Waals surface area (Å²) in [7, 11) is 0. The SMILES string of the molecule is Fc1c(F)c(I)c(F)c(F)c1I.c1cncc(Cn2ccnc2-c2ncc[nH]2)c1.c1cncc(Cn2ccnc2-c2ncc[nH]2)c1. The van der Waals surface area contributed by atoms with Gasteiger partial charge in [0.15, 0.2) is 46.6 Å². The summed E-state index contributed by atoms with van der Waals surface area (Å²) in [6.45, 7) is 1.48. The van der Waals surface area contributed by atoms with Gasteiger partial charge in [0, 0.05) is 74.4 Å². The predicted molar refractivity (Wildman–Crippen MR) is 178 cm³/mol. The van der Waals surface area contributed by atoms with Crippen molar-refractivity contribution in [1.29, 1.82) is 0 Å². The second-order valence-electron chi connectivity index (χ2n) is 9.24. The van der Waals surface area contributed by atoms with Crippen molar-refractivity contribution in [3.8, 4) is 23.3 Å². The van der Waals surface area contributed by atoms with Crippen molar-refractivity contribution < 1.29 is 17.6 Å². The molecular formula is C30H22F4I2N10. The first-order chi connectivity index (χ1) is 22.3. The van der Waals surface area contributed by atoms with Crippen molar-refractivity contribution in [3.63, 3.8) is 0 Å². The molecule has 0 atom stereocenters. The minimum absolute atomic E-state index is 0.664. The van der Waals surface area contributed by atoms with Crippen LogP contribution in [0.3, 0.4) is 0 Å². The molecule has 1 aromatic carbocycles. The maximum absolute atomic E-state index is 12.6. The van der Waals surface area contributed by atoms with Crippen LogP contribution in [-0.4, -0.2) is 49.0 Å². The number of H-pyrrole nitrogens is 2. The Balaban J connectivity index is 0.000000139. The van der Waals surface area contributed by atoms with E-state index in [-0.39, 0.29) is 0 Å². The lowest BCUT2D eigenvalue weighted by molar-refractivity contribution is 0.437. The van der Waals surface area contributed by atoms with Crippen LogP contribution in [0.15, 0.2) is 98.6 Å². The molecule has 0 aliphatic carbocycles. The van der Waals surface area contributed by atoms with Crippen LogP contribution >= 0.6 is 45.2 Å². The van der Waals surface area contributed by atoms with Crippen LogP contribution in [0.1, 0.15) is 11.1 Å². The Morgan fingerprint density at radius 3 is 1.30 bits per heavy atom. The molecule has 0 saturated heterocycles. The number of halogens is 6. The summed E-state index contributed by atoms with van der Waals surface area (Å²) in [5, 5.41) is 0. The average molecular weight is 852 g/mol. The van der Waals surface area contributed by atoms with Gasteiger partial charge in [-0.3, -0.25) is 9.97 Å². The minimum atomic E-state index is -1.35. The molecule has 0 unspecified atom stereocenters. The molecule has 6 heterocycles. The quantitative estimate of drug-likeness (QED) is 0.0816. The number of pyridine rings is 2. The zero-order chi connectivity index (χ0) is 32.5. The highest BCUT2D eigenvalue weighted by molar-refractivity contribution is 14.1. The second-order valence-corrected chi connectivity index (χ2v) is 11.4. The summed E-state index contributed by atoms with van der Waals surface area (Å²) in [5.41, 5.74) is 2.27. The number of benzene rings is 1. The van der Waals surface area contributed by atoms with Crippen molar-refractivity contribution in [1.82, 2.24) is 49.0 Å². The highest BCUT2D eigenvalue weighted by Gasteiger charge is 2.22. The number of imidazole rings is 4. The number of nitrogens with zero attached hydrogens (tertiary/aromatic N) is 8. The molecule has 0 spiro atoms. The maximum Gasteiger partial charge on any atom is 0.176 e. The summed E-state index contributed by atoms with van der Waals surface area (Å²) in [5.74, 6) is -2.17. The normalized spacial score (nSPS) is 10.6. The van der Waals surface area contributed by atoms with Crippen LogP contribution < -0.4 is 0 Å². The molecule has 0 saturated carbocycles. The topological polar surface area (TPSA) is 119 Å². The fraction of sp³-hybridized carbons (Fsp3) is 0.0667. The number of hydrogen-bond acceptors (Lipinski definition) is 6.